The van der Waals surface area contributed by atoms with Gasteiger partial charge in [0.15, 0.2) is 0 Å². The van der Waals surface area contributed by atoms with Crippen LogP contribution >= 0.6 is 11.6 Å². The van der Waals surface area contributed by atoms with Crippen LogP contribution in [0.3, 0.4) is 0 Å². The molecule has 1 aromatic carbocycles. The van der Waals surface area contributed by atoms with E-state index < -0.39 is 0 Å². The van der Waals surface area contributed by atoms with Gasteiger partial charge in [-0.25, -0.2) is 0 Å². The monoisotopic (exact) mass is 325 g/mol. The Morgan fingerprint density at radius 2 is 2.05 bits per heavy atom. The lowest BCUT2D eigenvalue weighted by molar-refractivity contribution is -0.121. The third-order valence-electron chi connectivity index (χ3n) is 3.40. The summed E-state index contributed by atoms with van der Waals surface area (Å²) in [5, 5.41) is 2.89. The van der Waals surface area contributed by atoms with Crippen molar-refractivity contribution in [1.29, 1.82) is 0 Å². The van der Waals surface area contributed by atoms with Crippen LogP contribution in [-0.2, 0) is 10.2 Å². The fourth-order valence-electron chi connectivity index (χ4n) is 2.18. The van der Waals surface area contributed by atoms with Crippen LogP contribution in [0, 0.1) is 6.92 Å². The molecule has 0 spiro atoms. The maximum Gasteiger partial charge on any atom is 0.220 e. The highest BCUT2D eigenvalue weighted by Gasteiger charge is 2.20. The Balaban J connectivity index is 2.66. The fraction of sp³-hybridized carbons (Fsp3) is 0.611. The summed E-state index contributed by atoms with van der Waals surface area (Å²) < 4.78 is 6.07. The molecule has 0 fully saturated rings. The number of carbonyl (C=O) groups is 1. The Bertz CT molecular complexity index is 494. The smallest absolute Gasteiger partial charge is 0.220 e. The molecule has 124 valence electrons. The first-order valence-electron chi connectivity index (χ1n) is 7.84. The van der Waals surface area contributed by atoms with Gasteiger partial charge in [0.05, 0.1) is 6.54 Å². The van der Waals surface area contributed by atoms with Crippen molar-refractivity contribution < 1.29 is 9.53 Å². The van der Waals surface area contributed by atoms with Crippen LogP contribution in [0.4, 0.5) is 0 Å². The number of benzene rings is 1. The Kier molecular flexibility index (Phi) is 7.21. The SMILES string of the molecule is Cc1ccc(C(C)(C)C)c(OC(C)CNC(=O)CCCCl)c1. The number of hydrogen-bond donors (Lipinski definition) is 1. The number of alkyl halides is 1. The number of nitrogens with one attached hydrogen (secondary N) is 1. The lowest BCUT2D eigenvalue weighted by Gasteiger charge is -2.25. The number of ether oxygens (including phenoxy) is 1. The maximum absolute atomic E-state index is 11.6. The van der Waals surface area contributed by atoms with Crippen LogP contribution in [0.25, 0.3) is 0 Å². The Hall–Kier alpha value is -1.22. The molecule has 3 nitrogen and oxygen atoms in total. The Labute approximate surface area is 139 Å². The minimum Gasteiger partial charge on any atom is -0.489 e. The van der Waals surface area contributed by atoms with E-state index in [9.17, 15) is 4.79 Å². The largest absolute Gasteiger partial charge is 0.489 e. The summed E-state index contributed by atoms with van der Waals surface area (Å²) in [6, 6.07) is 6.29. The van der Waals surface area contributed by atoms with Crippen LogP contribution in [0.2, 0.25) is 0 Å². The highest BCUT2D eigenvalue weighted by atomic mass is 35.5. The summed E-state index contributed by atoms with van der Waals surface area (Å²) in [6.45, 7) is 11.0. The van der Waals surface area contributed by atoms with Gasteiger partial charge in [-0.1, -0.05) is 32.9 Å². The fourth-order valence-corrected chi connectivity index (χ4v) is 2.31. The quantitative estimate of drug-likeness (QED) is 0.763. The molecule has 1 rings (SSSR count). The van der Waals surface area contributed by atoms with Crippen molar-refractivity contribution in [3.63, 3.8) is 0 Å². The first-order chi connectivity index (χ1) is 10.2. The van der Waals surface area contributed by atoms with Crippen LogP contribution in [0.5, 0.6) is 5.75 Å². The van der Waals surface area contributed by atoms with E-state index in [0.29, 0.717) is 25.3 Å². The molecule has 0 aliphatic carbocycles. The predicted octanol–water partition coefficient (Wildman–Crippen LogP) is 4.20. The van der Waals surface area contributed by atoms with Gasteiger partial charge in [0.1, 0.15) is 11.9 Å². The molecular weight excluding hydrogens is 298 g/mol. The zero-order valence-corrected chi connectivity index (χ0v) is 15.1. The molecule has 1 amide bonds. The molecule has 1 unspecified atom stereocenters. The third-order valence-corrected chi connectivity index (χ3v) is 3.66. The van der Waals surface area contributed by atoms with Crippen LogP contribution in [0.15, 0.2) is 18.2 Å². The Morgan fingerprint density at radius 1 is 1.36 bits per heavy atom. The van der Waals surface area contributed by atoms with Gasteiger partial charge < -0.3 is 10.1 Å². The van der Waals surface area contributed by atoms with Crippen molar-refractivity contribution in [3.8, 4) is 5.75 Å². The van der Waals surface area contributed by atoms with Crippen LogP contribution < -0.4 is 10.1 Å². The molecule has 0 saturated carbocycles. The van der Waals surface area contributed by atoms with Gasteiger partial charge in [0.25, 0.3) is 0 Å². The minimum atomic E-state index is -0.0807. The van der Waals surface area contributed by atoms with Gasteiger partial charge in [-0.15, -0.1) is 11.6 Å². The molecule has 4 heteroatoms. The van der Waals surface area contributed by atoms with Crippen molar-refractivity contribution in [2.24, 2.45) is 0 Å². The van der Waals surface area contributed by atoms with Gasteiger partial charge >= 0.3 is 0 Å². The summed E-state index contributed by atoms with van der Waals surface area (Å²) in [7, 11) is 0. The lowest BCUT2D eigenvalue weighted by atomic mass is 9.86. The second-order valence-corrected chi connectivity index (χ2v) is 7.15. The van der Waals surface area contributed by atoms with Gasteiger partial charge in [-0.2, -0.15) is 0 Å². The van der Waals surface area contributed by atoms with E-state index in [-0.39, 0.29) is 17.4 Å². The molecule has 0 heterocycles. The zero-order chi connectivity index (χ0) is 16.8. The highest BCUT2D eigenvalue weighted by Crippen LogP contribution is 2.32. The second kappa shape index (κ2) is 8.42. The number of aryl methyl sites for hydroxylation is 1. The average molecular weight is 326 g/mol. The normalized spacial score (nSPS) is 12.8. The molecule has 0 aliphatic heterocycles. The maximum atomic E-state index is 11.6. The van der Waals surface area contributed by atoms with E-state index in [1.807, 2.05) is 6.92 Å². The molecule has 0 saturated heterocycles. The number of hydrogen-bond acceptors (Lipinski definition) is 2. The zero-order valence-electron chi connectivity index (χ0n) is 14.3. The molecule has 0 bridgehead atoms. The number of amides is 1. The molecule has 0 aliphatic rings. The van der Waals surface area contributed by atoms with Gasteiger partial charge in [-0.3, -0.25) is 4.79 Å². The first-order valence-corrected chi connectivity index (χ1v) is 8.38. The lowest BCUT2D eigenvalue weighted by Crippen LogP contribution is -2.33. The molecule has 0 aromatic heterocycles. The Morgan fingerprint density at radius 3 is 2.64 bits per heavy atom. The van der Waals surface area contributed by atoms with E-state index in [4.69, 9.17) is 16.3 Å². The average Bonchev–Trinajstić information content (AvgIpc) is 2.41. The third kappa shape index (κ3) is 6.27. The van der Waals surface area contributed by atoms with Crippen molar-refractivity contribution >= 4 is 17.5 Å². The van der Waals surface area contributed by atoms with E-state index in [1.54, 1.807) is 0 Å². The molecule has 1 atom stereocenters. The van der Waals surface area contributed by atoms with Gasteiger partial charge in [0.2, 0.25) is 5.91 Å². The standard InChI is InChI=1S/C18H28ClNO2/c1-13-8-9-15(18(3,4)5)16(11-13)22-14(2)12-20-17(21)7-6-10-19/h8-9,11,14H,6-7,10,12H2,1-5H3,(H,20,21). The van der Waals surface area contributed by atoms with E-state index in [0.717, 1.165) is 5.75 Å². The second-order valence-electron chi connectivity index (χ2n) is 6.77. The molecule has 0 radical (unpaired) electrons. The molecular formula is C18H28ClNO2. The van der Waals surface area contributed by atoms with Gasteiger partial charge in [0, 0.05) is 12.3 Å². The van der Waals surface area contributed by atoms with E-state index >= 15 is 0 Å². The van der Waals surface area contributed by atoms with E-state index in [2.05, 4.69) is 51.2 Å². The summed E-state index contributed by atoms with van der Waals surface area (Å²) in [6.07, 6.45) is 1.09. The molecule has 1 N–H and O–H groups in total. The van der Waals surface area contributed by atoms with Gasteiger partial charge in [-0.05, 0) is 42.9 Å². The summed E-state index contributed by atoms with van der Waals surface area (Å²) in [4.78, 5) is 11.6. The summed E-state index contributed by atoms with van der Waals surface area (Å²) in [5.41, 5.74) is 2.37. The van der Waals surface area contributed by atoms with Crippen molar-refractivity contribution in [2.75, 3.05) is 12.4 Å². The first kappa shape index (κ1) is 18.8. The van der Waals surface area contributed by atoms with Crippen molar-refractivity contribution in [3.05, 3.63) is 29.3 Å². The summed E-state index contributed by atoms with van der Waals surface area (Å²) in [5.74, 6) is 1.43. The number of rotatable bonds is 7. The van der Waals surface area contributed by atoms with Crippen LogP contribution in [-0.4, -0.2) is 24.4 Å². The molecule has 22 heavy (non-hydrogen) atoms. The minimum absolute atomic E-state index is 0.0202. The number of carbonyl (C=O) groups excluding carboxylic acids is 1. The topological polar surface area (TPSA) is 38.3 Å². The predicted molar refractivity (Wildman–Crippen MR) is 92.9 cm³/mol. The van der Waals surface area contributed by atoms with E-state index in [1.165, 1.54) is 11.1 Å². The van der Waals surface area contributed by atoms with Crippen molar-refractivity contribution in [1.82, 2.24) is 5.32 Å². The van der Waals surface area contributed by atoms with Crippen LogP contribution in [0.1, 0.15) is 51.7 Å². The molecule has 1 aromatic rings. The van der Waals surface area contributed by atoms with Crippen molar-refractivity contribution in [2.45, 2.75) is 59.0 Å². The highest BCUT2D eigenvalue weighted by molar-refractivity contribution is 6.17. The number of halogens is 1. The summed E-state index contributed by atoms with van der Waals surface area (Å²) >= 11 is 5.59.